The fraction of sp³-hybridized carbons (Fsp3) is 0.217. The lowest BCUT2D eigenvalue weighted by atomic mass is 10.0. The van der Waals surface area contributed by atoms with E-state index in [1.165, 1.54) is 18.3 Å². The van der Waals surface area contributed by atoms with Gasteiger partial charge in [0.05, 0.1) is 10.5 Å². The van der Waals surface area contributed by atoms with Crippen LogP contribution in [0.2, 0.25) is 0 Å². The summed E-state index contributed by atoms with van der Waals surface area (Å²) in [6.45, 7) is 2.05. The summed E-state index contributed by atoms with van der Waals surface area (Å²) in [5.74, 6) is -1.61. The number of nitrogens with one attached hydrogen (secondary N) is 1. The van der Waals surface area contributed by atoms with Crippen LogP contribution in [-0.2, 0) is 16.4 Å². The van der Waals surface area contributed by atoms with Crippen LogP contribution in [0.4, 0.5) is 10.2 Å². The molecule has 0 spiro atoms. The Hall–Kier alpha value is -3.50. The summed E-state index contributed by atoms with van der Waals surface area (Å²) in [5, 5.41) is 12.5. The largest absolute Gasteiger partial charge is 0.482 e. The number of halogens is 1. The molecule has 0 amide bonds. The fourth-order valence-corrected chi connectivity index (χ4v) is 4.06. The number of nitrogens with zero attached hydrogens (tertiary/aromatic N) is 1. The Morgan fingerprint density at radius 2 is 1.97 bits per heavy atom. The van der Waals surface area contributed by atoms with E-state index in [4.69, 9.17) is 10.5 Å². The van der Waals surface area contributed by atoms with Crippen molar-refractivity contribution < 1.29 is 27.4 Å². The molecule has 0 aliphatic heterocycles. The van der Waals surface area contributed by atoms with Crippen molar-refractivity contribution in [1.82, 2.24) is 10.3 Å². The zero-order chi connectivity index (χ0) is 24.3. The van der Waals surface area contributed by atoms with Crippen LogP contribution in [0.25, 0.3) is 11.1 Å². The third-order valence-electron chi connectivity index (χ3n) is 5.06. The summed E-state index contributed by atoms with van der Waals surface area (Å²) >= 11 is 0. The van der Waals surface area contributed by atoms with Crippen molar-refractivity contribution in [2.45, 2.75) is 24.5 Å². The van der Waals surface area contributed by atoms with E-state index in [9.17, 15) is 22.7 Å². The molecule has 10 heteroatoms. The first kappa shape index (κ1) is 24.1. The summed E-state index contributed by atoms with van der Waals surface area (Å²) in [7, 11) is -1.67. The number of pyridine rings is 1. The van der Waals surface area contributed by atoms with Gasteiger partial charge in [0.1, 0.15) is 11.9 Å². The number of sulfone groups is 1. The molecule has 0 radical (unpaired) electrons. The second kappa shape index (κ2) is 9.55. The number of aromatic carboxylic acids is 1. The minimum atomic E-state index is -3.44. The third-order valence-corrected chi connectivity index (χ3v) is 6.17. The van der Waals surface area contributed by atoms with Gasteiger partial charge in [-0.3, -0.25) is 0 Å². The minimum Gasteiger partial charge on any atom is -0.482 e. The highest BCUT2D eigenvalue weighted by Gasteiger charge is 2.20. The van der Waals surface area contributed by atoms with E-state index in [1.807, 2.05) is 0 Å². The number of aromatic nitrogens is 1. The number of carbonyl (C=O) groups is 1. The number of hydrogen-bond acceptors (Lipinski definition) is 7. The molecule has 0 aliphatic rings. The summed E-state index contributed by atoms with van der Waals surface area (Å²) in [4.78, 5) is 15.8. The molecule has 1 heterocycles. The van der Waals surface area contributed by atoms with Crippen LogP contribution >= 0.6 is 0 Å². The van der Waals surface area contributed by atoms with E-state index in [0.717, 1.165) is 24.0 Å². The van der Waals surface area contributed by atoms with E-state index >= 15 is 0 Å². The molecule has 33 heavy (non-hydrogen) atoms. The number of rotatable bonds is 8. The lowest BCUT2D eigenvalue weighted by Crippen LogP contribution is -2.12. The van der Waals surface area contributed by atoms with Crippen LogP contribution in [0.5, 0.6) is 5.75 Å². The predicted molar refractivity (Wildman–Crippen MR) is 122 cm³/mol. The number of carboxylic acids is 1. The second-order valence-corrected chi connectivity index (χ2v) is 9.54. The van der Waals surface area contributed by atoms with Crippen molar-refractivity contribution in [2.75, 3.05) is 19.0 Å². The molecule has 1 aromatic heterocycles. The average molecular weight is 474 g/mol. The van der Waals surface area contributed by atoms with Gasteiger partial charge in [-0.15, -0.1) is 0 Å². The van der Waals surface area contributed by atoms with Crippen LogP contribution < -0.4 is 15.8 Å². The smallest absolute Gasteiger partial charge is 0.336 e. The average Bonchev–Trinajstić information content (AvgIpc) is 2.74. The normalized spacial score (nSPS) is 12.4. The third kappa shape index (κ3) is 5.47. The molecule has 0 fully saturated rings. The lowest BCUT2D eigenvalue weighted by molar-refractivity contribution is 0.0691. The molecule has 3 rings (SSSR count). The maximum atomic E-state index is 13.8. The van der Waals surface area contributed by atoms with Crippen molar-refractivity contribution in [3.05, 3.63) is 71.2 Å². The van der Waals surface area contributed by atoms with Gasteiger partial charge in [-0.25, -0.2) is 22.6 Å². The first-order chi connectivity index (χ1) is 15.5. The van der Waals surface area contributed by atoms with Crippen molar-refractivity contribution in [3.8, 4) is 16.9 Å². The van der Waals surface area contributed by atoms with E-state index in [-0.39, 0.29) is 27.6 Å². The topological polar surface area (TPSA) is 132 Å². The lowest BCUT2D eigenvalue weighted by Gasteiger charge is -2.19. The van der Waals surface area contributed by atoms with Crippen LogP contribution in [0.3, 0.4) is 0 Å². The van der Waals surface area contributed by atoms with Gasteiger partial charge in [-0.2, -0.15) is 0 Å². The van der Waals surface area contributed by atoms with Crippen molar-refractivity contribution >= 4 is 21.6 Å². The fourth-order valence-electron chi connectivity index (χ4n) is 3.41. The summed E-state index contributed by atoms with van der Waals surface area (Å²) in [6.07, 6.45) is 1.77. The predicted octanol–water partition coefficient (Wildman–Crippen LogP) is 3.43. The SMILES string of the molecule is CNCc1ccc(S(C)(=O)=O)cc1-c1cnc(N)c(OC(C)c2cc(F)ccc2C(=O)O)c1. The van der Waals surface area contributed by atoms with Gasteiger partial charge in [-0.05, 0) is 61.5 Å². The highest BCUT2D eigenvalue weighted by molar-refractivity contribution is 7.90. The van der Waals surface area contributed by atoms with Crippen LogP contribution in [-0.4, -0.2) is 37.8 Å². The summed E-state index contributed by atoms with van der Waals surface area (Å²) in [5.41, 5.74) is 8.03. The molecule has 1 atom stereocenters. The molecule has 4 N–H and O–H groups in total. The molecule has 3 aromatic rings. The van der Waals surface area contributed by atoms with Crippen LogP contribution in [0.15, 0.2) is 53.6 Å². The first-order valence-electron chi connectivity index (χ1n) is 9.94. The Morgan fingerprint density at radius 1 is 1.24 bits per heavy atom. The van der Waals surface area contributed by atoms with Gasteiger partial charge in [0, 0.05) is 30.1 Å². The molecular formula is C23H24FN3O5S. The number of nitrogen functional groups attached to an aromatic ring is 1. The maximum Gasteiger partial charge on any atom is 0.336 e. The number of nitrogens with two attached hydrogens (primary N) is 1. The Kier molecular flexibility index (Phi) is 6.99. The van der Waals surface area contributed by atoms with Gasteiger partial charge in [-0.1, -0.05) is 6.07 Å². The van der Waals surface area contributed by atoms with Gasteiger partial charge in [0.2, 0.25) is 0 Å². The molecular weight excluding hydrogens is 449 g/mol. The van der Waals surface area contributed by atoms with Crippen molar-refractivity contribution in [1.29, 1.82) is 0 Å². The first-order valence-corrected chi connectivity index (χ1v) is 11.8. The van der Waals surface area contributed by atoms with Crippen molar-refractivity contribution in [3.63, 3.8) is 0 Å². The molecule has 174 valence electrons. The van der Waals surface area contributed by atoms with Crippen LogP contribution in [0, 0.1) is 5.82 Å². The van der Waals surface area contributed by atoms with Gasteiger partial charge in [0.25, 0.3) is 0 Å². The standard InChI is InChI=1S/C23H24FN3O5S/c1-13(19-9-16(24)5-7-18(19)23(28)29)32-21-8-15(12-27-22(21)25)20-10-17(33(3,30)31)6-4-14(20)11-26-2/h4-10,12-13,26H,11H2,1-3H3,(H2,25,27)(H,28,29). The number of benzene rings is 2. The maximum absolute atomic E-state index is 13.8. The molecule has 0 bridgehead atoms. The quantitative estimate of drug-likeness (QED) is 0.453. The van der Waals surface area contributed by atoms with E-state index < -0.39 is 27.7 Å². The molecule has 0 saturated heterocycles. The van der Waals surface area contributed by atoms with E-state index in [0.29, 0.717) is 17.7 Å². The van der Waals surface area contributed by atoms with Gasteiger partial charge < -0.3 is 20.9 Å². The zero-order valence-electron chi connectivity index (χ0n) is 18.3. The number of carboxylic acid groups (broad SMARTS) is 1. The van der Waals surface area contributed by atoms with Crippen LogP contribution in [0.1, 0.15) is 34.5 Å². The van der Waals surface area contributed by atoms with Crippen molar-refractivity contribution in [2.24, 2.45) is 0 Å². The molecule has 0 aliphatic carbocycles. The van der Waals surface area contributed by atoms with Gasteiger partial charge >= 0.3 is 5.97 Å². The Labute approximate surface area is 191 Å². The minimum absolute atomic E-state index is 0.0494. The molecule has 2 aromatic carbocycles. The Balaban J connectivity index is 2.05. The van der Waals surface area contributed by atoms with E-state index in [1.54, 1.807) is 32.2 Å². The zero-order valence-corrected chi connectivity index (χ0v) is 19.1. The Bertz CT molecular complexity index is 1310. The molecule has 1 unspecified atom stereocenters. The number of ether oxygens (including phenoxy) is 1. The number of hydrogen-bond donors (Lipinski definition) is 3. The van der Waals surface area contributed by atoms with E-state index in [2.05, 4.69) is 10.3 Å². The second-order valence-electron chi connectivity index (χ2n) is 7.53. The summed E-state index contributed by atoms with van der Waals surface area (Å²) < 4.78 is 43.8. The highest BCUT2D eigenvalue weighted by Crippen LogP contribution is 2.34. The summed E-state index contributed by atoms with van der Waals surface area (Å²) in [6, 6.07) is 9.74. The van der Waals surface area contributed by atoms with Gasteiger partial charge in [0.15, 0.2) is 21.4 Å². The molecule has 8 nitrogen and oxygen atoms in total. The highest BCUT2D eigenvalue weighted by atomic mass is 32.2. The molecule has 0 saturated carbocycles. The number of anilines is 1. The Morgan fingerprint density at radius 3 is 2.61 bits per heavy atom. The monoisotopic (exact) mass is 473 g/mol.